The summed E-state index contributed by atoms with van der Waals surface area (Å²) in [6.07, 6.45) is 6.67. The number of pyridine rings is 1. The SMILES string of the molecule is Nc1nc2c(-c3c(Cl)cc4c(N5CC6CCC(C5)N6)nc(OCC56CCCN5CCC6)nc4c3F)cccc2cc1F. The number of rotatable bonds is 5. The van der Waals surface area contributed by atoms with E-state index in [0.717, 1.165) is 64.7 Å². The van der Waals surface area contributed by atoms with Gasteiger partial charge in [-0.2, -0.15) is 9.97 Å². The van der Waals surface area contributed by atoms with Crippen LogP contribution in [-0.4, -0.2) is 70.3 Å². The van der Waals surface area contributed by atoms with E-state index < -0.39 is 11.6 Å². The molecule has 2 unspecified atom stereocenters. The quantitative estimate of drug-likeness (QED) is 0.323. The summed E-state index contributed by atoms with van der Waals surface area (Å²) in [4.78, 5) is 18.5. The summed E-state index contributed by atoms with van der Waals surface area (Å²) in [7, 11) is 0. The van der Waals surface area contributed by atoms with Gasteiger partial charge in [-0.05, 0) is 63.7 Å². The van der Waals surface area contributed by atoms with Crippen molar-refractivity contribution in [2.24, 2.45) is 0 Å². The molecule has 0 spiro atoms. The maximum Gasteiger partial charge on any atom is 0.319 e. The molecule has 8 rings (SSSR count). The fourth-order valence-electron chi connectivity index (χ4n) is 7.73. The molecular weight excluding hydrogens is 560 g/mol. The predicted octanol–water partition coefficient (Wildman–Crippen LogP) is 5.31. The third-order valence-corrected chi connectivity index (χ3v) is 10.0. The molecule has 0 amide bonds. The van der Waals surface area contributed by atoms with Crippen molar-refractivity contribution in [1.82, 2.24) is 25.2 Å². The van der Waals surface area contributed by atoms with Gasteiger partial charge in [0.05, 0.1) is 16.1 Å². The summed E-state index contributed by atoms with van der Waals surface area (Å²) in [5.74, 6) is -0.845. The number of nitrogens with zero attached hydrogens (tertiary/aromatic N) is 5. The minimum atomic E-state index is -0.628. The molecule has 4 aliphatic rings. The number of nitrogens with two attached hydrogens (primary N) is 1. The maximum atomic E-state index is 16.8. The second-order valence-electron chi connectivity index (χ2n) is 12.3. The van der Waals surface area contributed by atoms with Gasteiger partial charge in [-0.15, -0.1) is 0 Å². The van der Waals surface area contributed by atoms with Crippen molar-refractivity contribution in [3.8, 4) is 17.1 Å². The first kappa shape index (κ1) is 26.3. The zero-order chi connectivity index (χ0) is 28.6. The lowest BCUT2D eigenvalue weighted by atomic mass is 9.95. The topological polar surface area (TPSA) is 92.4 Å². The third kappa shape index (κ3) is 4.18. The average Bonchev–Trinajstić information content (AvgIpc) is 3.66. The highest BCUT2D eigenvalue weighted by molar-refractivity contribution is 6.35. The molecule has 8 nitrogen and oxygen atoms in total. The Balaban J connectivity index is 1.28. The van der Waals surface area contributed by atoms with Gasteiger partial charge >= 0.3 is 6.01 Å². The molecule has 4 fully saturated rings. The molecule has 0 aliphatic carbocycles. The minimum Gasteiger partial charge on any atom is -0.461 e. The molecule has 4 aromatic rings. The number of hydrogen-bond donors (Lipinski definition) is 2. The Kier molecular flexibility index (Phi) is 6.17. The number of piperazine rings is 1. The van der Waals surface area contributed by atoms with Crippen LogP contribution in [0, 0.1) is 11.6 Å². The number of hydrogen-bond acceptors (Lipinski definition) is 8. The van der Waals surface area contributed by atoms with E-state index >= 15 is 4.39 Å². The highest BCUT2D eigenvalue weighted by atomic mass is 35.5. The summed E-state index contributed by atoms with van der Waals surface area (Å²) in [5, 5.41) is 4.88. The zero-order valence-electron chi connectivity index (χ0n) is 23.2. The van der Waals surface area contributed by atoms with Gasteiger partial charge in [-0.3, -0.25) is 4.90 Å². The number of aromatic nitrogens is 3. The van der Waals surface area contributed by atoms with Crippen LogP contribution < -0.4 is 20.7 Å². The van der Waals surface area contributed by atoms with Gasteiger partial charge in [0, 0.05) is 47.1 Å². The lowest BCUT2D eigenvalue weighted by Gasteiger charge is -2.35. The predicted molar refractivity (Wildman–Crippen MR) is 160 cm³/mol. The fourth-order valence-corrected chi connectivity index (χ4v) is 8.02. The van der Waals surface area contributed by atoms with Crippen LogP contribution in [0.15, 0.2) is 30.3 Å². The number of ether oxygens (including phenoxy) is 1. The molecule has 218 valence electrons. The van der Waals surface area contributed by atoms with Crippen molar-refractivity contribution in [2.75, 3.05) is 43.4 Å². The van der Waals surface area contributed by atoms with E-state index in [9.17, 15) is 4.39 Å². The van der Waals surface area contributed by atoms with Crippen LogP contribution in [0.25, 0.3) is 32.9 Å². The molecule has 2 aromatic heterocycles. The van der Waals surface area contributed by atoms with E-state index in [1.165, 1.54) is 6.07 Å². The van der Waals surface area contributed by atoms with Gasteiger partial charge in [0.1, 0.15) is 17.9 Å². The van der Waals surface area contributed by atoms with Crippen molar-refractivity contribution in [3.63, 3.8) is 0 Å². The smallest absolute Gasteiger partial charge is 0.319 e. The van der Waals surface area contributed by atoms with Crippen LogP contribution in [0.5, 0.6) is 6.01 Å². The van der Waals surface area contributed by atoms with Crippen LogP contribution in [0.4, 0.5) is 20.4 Å². The number of halogens is 3. The number of benzene rings is 2. The van der Waals surface area contributed by atoms with Crippen molar-refractivity contribution < 1.29 is 13.5 Å². The van der Waals surface area contributed by atoms with E-state index in [1.807, 2.05) is 0 Å². The average molecular weight is 592 g/mol. The minimum absolute atomic E-state index is 0.000161. The maximum absolute atomic E-state index is 16.8. The summed E-state index contributed by atoms with van der Waals surface area (Å²) in [6, 6.07) is 9.06. The highest BCUT2D eigenvalue weighted by Crippen LogP contribution is 2.43. The number of nitrogen functional groups attached to an aromatic ring is 1. The number of para-hydroxylation sites is 1. The Morgan fingerprint density at radius 3 is 2.55 bits per heavy atom. The van der Waals surface area contributed by atoms with Gasteiger partial charge in [0.25, 0.3) is 0 Å². The lowest BCUT2D eigenvalue weighted by molar-refractivity contribution is 0.108. The second kappa shape index (κ2) is 9.86. The molecule has 11 heteroatoms. The third-order valence-electron chi connectivity index (χ3n) is 9.74. The van der Waals surface area contributed by atoms with Crippen LogP contribution in [0.3, 0.4) is 0 Å². The van der Waals surface area contributed by atoms with Gasteiger partial charge in [-0.1, -0.05) is 29.8 Å². The molecule has 2 bridgehead atoms. The van der Waals surface area contributed by atoms with Crippen molar-refractivity contribution in [2.45, 2.75) is 56.1 Å². The normalized spacial score (nSPS) is 23.3. The summed E-state index contributed by atoms with van der Waals surface area (Å²) in [6.45, 7) is 4.17. The zero-order valence-corrected chi connectivity index (χ0v) is 23.9. The standard InChI is InChI=1S/C31H32ClF2N7O/c32-22-13-21-27(25(34)24(22)20-5-1-4-17-12-23(33)28(35)37-26(17)20)38-30(42-16-31-8-2-10-41(31)11-3-9-31)39-29(21)40-14-18-6-7-19(15-40)36-18/h1,4-5,12-13,18-19,36H,2-3,6-11,14-16H2,(H2,35,37). The van der Waals surface area contributed by atoms with Gasteiger partial charge in [0.2, 0.25) is 0 Å². The van der Waals surface area contributed by atoms with Crippen LogP contribution in [0.2, 0.25) is 5.02 Å². The Morgan fingerprint density at radius 2 is 1.79 bits per heavy atom. The summed E-state index contributed by atoms with van der Waals surface area (Å²) < 4.78 is 37.3. The Labute approximate surface area is 247 Å². The van der Waals surface area contributed by atoms with Crippen LogP contribution in [-0.2, 0) is 0 Å². The first-order valence-electron chi connectivity index (χ1n) is 14.8. The molecular formula is C31H32ClF2N7O. The Morgan fingerprint density at radius 1 is 1.02 bits per heavy atom. The van der Waals surface area contributed by atoms with Crippen molar-refractivity contribution in [1.29, 1.82) is 0 Å². The van der Waals surface area contributed by atoms with Gasteiger partial charge in [0.15, 0.2) is 17.5 Å². The molecule has 3 N–H and O–H groups in total. The molecule has 6 heterocycles. The summed E-state index contributed by atoms with van der Waals surface area (Å²) in [5.41, 5.74) is 6.86. The monoisotopic (exact) mass is 591 g/mol. The fraction of sp³-hybridized carbons (Fsp3) is 0.452. The molecule has 2 aromatic carbocycles. The number of fused-ring (bicyclic) bond motifs is 5. The highest BCUT2D eigenvalue weighted by Gasteiger charge is 2.45. The molecule has 4 saturated heterocycles. The largest absolute Gasteiger partial charge is 0.461 e. The molecule has 0 saturated carbocycles. The Bertz CT molecular complexity index is 1710. The molecule has 4 aliphatic heterocycles. The molecule has 2 atom stereocenters. The van der Waals surface area contributed by atoms with E-state index in [4.69, 9.17) is 27.1 Å². The summed E-state index contributed by atoms with van der Waals surface area (Å²) >= 11 is 6.85. The first-order chi connectivity index (χ1) is 20.4. The van der Waals surface area contributed by atoms with Gasteiger partial charge in [-0.25, -0.2) is 13.8 Å². The van der Waals surface area contributed by atoms with Crippen LogP contribution in [0.1, 0.15) is 38.5 Å². The van der Waals surface area contributed by atoms with E-state index in [2.05, 4.69) is 25.1 Å². The first-order valence-corrected chi connectivity index (χ1v) is 15.2. The van der Waals surface area contributed by atoms with E-state index in [1.54, 1.807) is 24.3 Å². The van der Waals surface area contributed by atoms with Crippen LogP contribution >= 0.6 is 11.6 Å². The number of nitrogens with one attached hydrogen (secondary N) is 1. The molecule has 42 heavy (non-hydrogen) atoms. The van der Waals surface area contributed by atoms with Crippen molar-refractivity contribution >= 4 is 45.0 Å². The second-order valence-corrected chi connectivity index (χ2v) is 12.7. The van der Waals surface area contributed by atoms with Crippen molar-refractivity contribution in [3.05, 3.63) is 47.0 Å². The van der Waals surface area contributed by atoms with Gasteiger partial charge < -0.3 is 20.7 Å². The van der Waals surface area contributed by atoms with E-state index in [-0.39, 0.29) is 33.5 Å². The lowest BCUT2D eigenvalue weighted by Crippen LogP contribution is -2.51. The Hall–Kier alpha value is -3.34. The molecule has 0 radical (unpaired) electrons. The van der Waals surface area contributed by atoms with E-state index in [0.29, 0.717) is 46.4 Å². The number of anilines is 2.